The van der Waals surface area contributed by atoms with Gasteiger partial charge in [-0.05, 0) is 64.6 Å². The third-order valence-electron chi connectivity index (χ3n) is 4.59. The highest BCUT2D eigenvalue weighted by molar-refractivity contribution is 6.30. The number of carbonyl (C=O) groups is 1. The fraction of sp³-hybridized carbons (Fsp3) is 0.174. The van der Waals surface area contributed by atoms with Crippen molar-refractivity contribution in [2.75, 3.05) is 0 Å². The van der Waals surface area contributed by atoms with Crippen LogP contribution < -0.4 is 0 Å². The summed E-state index contributed by atoms with van der Waals surface area (Å²) in [5.74, 6) is -1.33. The highest BCUT2D eigenvalue weighted by Gasteiger charge is 2.20. The maximum atomic E-state index is 11.8. The summed E-state index contributed by atoms with van der Waals surface area (Å²) < 4.78 is 0. The molecule has 0 radical (unpaired) electrons. The van der Waals surface area contributed by atoms with E-state index >= 15 is 0 Å². The molecule has 0 bridgehead atoms. The first-order chi connectivity index (χ1) is 13.0. The van der Waals surface area contributed by atoms with E-state index in [2.05, 4.69) is 6.07 Å². The summed E-state index contributed by atoms with van der Waals surface area (Å²) >= 11 is 12.0. The Morgan fingerprint density at radius 3 is 1.63 bits per heavy atom. The lowest BCUT2D eigenvalue weighted by Gasteiger charge is -2.16. The van der Waals surface area contributed by atoms with E-state index in [1.807, 2.05) is 67.6 Å². The van der Waals surface area contributed by atoms with Gasteiger partial charge < -0.3 is 5.11 Å². The van der Waals surface area contributed by atoms with Crippen LogP contribution in [0.3, 0.4) is 0 Å². The van der Waals surface area contributed by atoms with Crippen LogP contribution in [0.5, 0.6) is 0 Å². The molecule has 0 spiro atoms. The summed E-state index contributed by atoms with van der Waals surface area (Å²) in [5.41, 5.74) is 4.74. The van der Waals surface area contributed by atoms with Crippen LogP contribution in [0, 0.1) is 0 Å². The van der Waals surface area contributed by atoms with E-state index in [0.29, 0.717) is 16.5 Å². The highest BCUT2D eigenvalue weighted by Crippen LogP contribution is 2.33. The van der Waals surface area contributed by atoms with Gasteiger partial charge in [0.1, 0.15) is 0 Å². The molecule has 0 aromatic heterocycles. The average Bonchev–Trinajstić information content (AvgIpc) is 2.66. The molecule has 2 nitrogen and oxygen atoms in total. The predicted octanol–water partition coefficient (Wildman–Crippen LogP) is 7.30. The first-order valence-electron chi connectivity index (χ1n) is 8.87. The second-order valence-electron chi connectivity index (χ2n) is 6.54. The van der Waals surface area contributed by atoms with Gasteiger partial charge in [0.05, 0.1) is 5.92 Å². The third kappa shape index (κ3) is 4.71. The predicted molar refractivity (Wildman–Crippen MR) is 113 cm³/mol. The van der Waals surface area contributed by atoms with E-state index in [9.17, 15) is 9.90 Å². The van der Waals surface area contributed by atoms with Crippen molar-refractivity contribution in [1.29, 1.82) is 0 Å². The van der Waals surface area contributed by atoms with Gasteiger partial charge in [-0.15, -0.1) is 0 Å². The number of aliphatic carboxylic acids is 1. The fourth-order valence-electron chi connectivity index (χ4n) is 3.19. The molecule has 3 rings (SSSR count). The quantitative estimate of drug-likeness (QED) is 0.472. The molecule has 3 aromatic carbocycles. The summed E-state index contributed by atoms with van der Waals surface area (Å²) in [7, 11) is 0. The highest BCUT2D eigenvalue weighted by atomic mass is 35.5. The van der Waals surface area contributed by atoms with Crippen LogP contribution in [0.15, 0.2) is 66.7 Å². The van der Waals surface area contributed by atoms with Gasteiger partial charge in [0, 0.05) is 10.0 Å². The number of hydrogen-bond donors (Lipinski definition) is 1. The summed E-state index contributed by atoms with van der Waals surface area (Å²) in [6.45, 7) is 2.00. The molecule has 0 saturated carbocycles. The summed E-state index contributed by atoms with van der Waals surface area (Å²) in [4.78, 5) is 11.8. The zero-order valence-corrected chi connectivity index (χ0v) is 16.5. The zero-order valence-electron chi connectivity index (χ0n) is 15.0. The van der Waals surface area contributed by atoms with Crippen LogP contribution in [0.4, 0.5) is 0 Å². The molecule has 0 amide bonds. The molecule has 0 saturated heterocycles. The molecule has 0 aliphatic rings. The van der Waals surface area contributed by atoms with Crippen LogP contribution in [-0.4, -0.2) is 11.1 Å². The van der Waals surface area contributed by atoms with Crippen molar-refractivity contribution < 1.29 is 9.90 Å². The van der Waals surface area contributed by atoms with Gasteiger partial charge >= 0.3 is 5.97 Å². The van der Waals surface area contributed by atoms with Gasteiger partial charge in [-0.1, -0.05) is 72.9 Å². The average molecular weight is 399 g/mol. The second-order valence-corrected chi connectivity index (χ2v) is 7.41. The number of benzene rings is 3. The van der Waals surface area contributed by atoms with Gasteiger partial charge in [0.15, 0.2) is 0 Å². The van der Waals surface area contributed by atoms with Crippen molar-refractivity contribution in [3.63, 3.8) is 0 Å². The van der Waals surface area contributed by atoms with E-state index in [4.69, 9.17) is 23.2 Å². The van der Waals surface area contributed by atoms with Crippen molar-refractivity contribution in [2.45, 2.75) is 25.7 Å². The second kappa shape index (κ2) is 8.60. The van der Waals surface area contributed by atoms with Gasteiger partial charge in [-0.25, -0.2) is 0 Å². The van der Waals surface area contributed by atoms with Crippen LogP contribution in [-0.2, 0) is 4.79 Å². The summed E-state index contributed by atoms with van der Waals surface area (Å²) in [5, 5.41) is 11.1. The van der Waals surface area contributed by atoms with E-state index in [1.54, 1.807) is 0 Å². The Labute approximate surface area is 169 Å². The first kappa shape index (κ1) is 19.5. The molecule has 0 heterocycles. The standard InChI is InChI=1S/C23H20Cl2O2/c1-2-3-22(23(26)27)19-13-17(15-4-8-20(24)9-5-15)12-18(14-19)16-6-10-21(25)11-7-16/h4-14,22H,2-3H2,1H3,(H,26,27)/t22-/m1/s1. The van der Waals surface area contributed by atoms with Crippen LogP contribution in [0.2, 0.25) is 10.0 Å². The normalized spacial score (nSPS) is 12.0. The van der Waals surface area contributed by atoms with Gasteiger partial charge in [0.25, 0.3) is 0 Å². The zero-order chi connectivity index (χ0) is 19.4. The Bertz CT molecular complexity index is 868. The fourth-order valence-corrected chi connectivity index (χ4v) is 3.44. The third-order valence-corrected chi connectivity index (χ3v) is 5.09. The number of rotatable bonds is 6. The Morgan fingerprint density at radius 2 is 1.26 bits per heavy atom. The van der Waals surface area contributed by atoms with E-state index in [0.717, 1.165) is 34.2 Å². The number of carboxylic acid groups (broad SMARTS) is 1. The summed E-state index contributed by atoms with van der Waals surface area (Å²) in [6, 6.07) is 21.2. The van der Waals surface area contributed by atoms with Gasteiger partial charge in [-0.2, -0.15) is 0 Å². The van der Waals surface area contributed by atoms with E-state index in [-0.39, 0.29) is 0 Å². The molecule has 3 aromatic rings. The van der Waals surface area contributed by atoms with Crippen molar-refractivity contribution in [2.24, 2.45) is 0 Å². The molecule has 1 N–H and O–H groups in total. The van der Waals surface area contributed by atoms with Crippen molar-refractivity contribution in [1.82, 2.24) is 0 Å². The monoisotopic (exact) mass is 398 g/mol. The minimum absolute atomic E-state index is 0.534. The number of carboxylic acids is 1. The molecule has 138 valence electrons. The number of hydrogen-bond acceptors (Lipinski definition) is 1. The Hall–Kier alpha value is -2.29. The lowest BCUT2D eigenvalue weighted by atomic mass is 9.88. The largest absolute Gasteiger partial charge is 0.481 e. The summed E-state index contributed by atoms with van der Waals surface area (Å²) in [6.07, 6.45) is 1.40. The van der Waals surface area contributed by atoms with Gasteiger partial charge in [-0.3, -0.25) is 4.79 Å². The SMILES string of the molecule is CCC[C@@H](C(=O)O)c1cc(-c2ccc(Cl)cc2)cc(-c2ccc(Cl)cc2)c1. The van der Waals surface area contributed by atoms with Crippen LogP contribution in [0.1, 0.15) is 31.2 Å². The Morgan fingerprint density at radius 1 is 0.815 bits per heavy atom. The molecular weight excluding hydrogens is 379 g/mol. The minimum Gasteiger partial charge on any atom is -0.481 e. The maximum absolute atomic E-state index is 11.8. The molecule has 0 fully saturated rings. The first-order valence-corrected chi connectivity index (χ1v) is 9.63. The van der Waals surface area contributed by atoms with E-state index in [1.165, 1.54) is 0 Å². The smallest absolute Gasteiger partial charge is 0.310 e. The molecular formula is C23H20Cl2O2. The molecule has 0 aliphatic heterocycles. The molecule has 1 atom stereocenters. The Kier molecular flexibility index (Phi) is 6.20. The maximum Gasteiger partial charge on any atom is 0.310 e. The lowest BCUT2D eigenvalue weighted by Crippen LogP contribution is -2.11. The van der Waals surface area contributed by atoms with Crippen LogP contribution >= 0.6 is 23.2 Å². The Balaban J connectivity index is 2.16. The van der Waals surface area contributed by atoms with E-state index < -0.39 is 11.9 Å². The number of halogens is 2. The lowest BCUT2D eigenvalue weighted by molar-refractivity contribution is -0.139. The van der Waals surface area contributed by atoms with Crippen LogP contribution in [0.25, 0.3) is 22.3 Å². The van der Waals surface area contributed by atoms with Crippen molar-refractivity contribution in [3.05, 3.63) is 82.3 Å². The molecule has 0 unspecified atom stereocenters. The van der Waals surface area contributed by atoms with Gasteiger partial charge in [0.2, 0.25) is 0 Å². The topological polar surface area (TPSA) is 37.3 Å². The molecule has 4 heteroatoms. The molecule has 27 heavy (non-hydrogen) atoms. The molecule has 0 aliphatic carbocycles. The van der Waals surface area contributed by atoms with Crippen molar-refractivity contribution >= 4 is 29.2 Å². The van der Waals surface area contributed by atoms with Crippen molar-refractivity contribution in [3.8, 4) is 22.3 Å². The minimum atomic E-state index is -0.799.